The fourth-order valence-corrected chi connectivity index (χ4v) is 1.76. The van der Waals surface area contributed by atoms with Crippen LogP contribution < -0.4 is 0 Å². The van der Waals surface area contributed by atoms with E-state index in [0.29, 0.717) is 17.2 Å². The molecule has 1 aromatic carbocycles. The number of nitrogens with zero attached hydrogens (tertiary/aromatic N) is 1. The number of allylic oxidation sites excluding steroid dienone is 2. The number of rotatable bonds is 3. The van der Waals surface area contributed by atoms with E-state index in [1.807, 2.05) is 19.1 Å². The van der Waals surface area contributed by atoms with Crippen molar-refractivity contribution in [3.05, 3.63) is 47.2 Å². The summed E-state index contributed by atoms with van der Waals surface area (Å²) in [5, 5.41) is 0. The third kappa shape index (κ3) is 3.61. The van der Waals surface area contributed by atoms with Gasteiger partial charge in [0.25, 0.3) is 0 Å². The van der Waals surface area contributed by atoms with E-state index < -0.39 is 0 Å². The first-order valence-electron chi connectivity index (χ1n) is 6.06. The van der Waals surface area contributed by atoms with Crippen LogP contribution in [0.15, 0.2) is 41.0 Å². The third-order valence-corrected chi connectivity index (χ3v) is 2.74. The highest BCUT2D eigenvalue weighted by molar-refractivity contribution is 6.07. The normalized spacial score (nSPS) is 14.7. The average molecular weight is 257 g/mol. The Morgan fingerprint density at radius 1 is 1.26 bits per heavy atom. The van der Waals surface area contributed by atoms with Gasteiger partial charge in [0.15, 0.2) is 24.1 Å². The van der Waals surface area contributed by atoms with Gasteiger partial charge in [0.2, 0.25) is 0 Å². The summed E-state index contributed by atoms with van der Waals surface area (Å²) in [6.07, 6.45) is 1.59. The molecule has 0 aromatic heterocycles. The molecule has 98 valence electrons. The number of hydrogen-bond acceptors (Lipinski definition) is 4. The van der Waals surface area contributed by atoms with Crippen molar-refractivity contribution in [3.63, 3.8) is 0 Å². The molecule has 0 atom stereocenters. The van der Waals surface area contributed by atoms with Crippen molar-refractivity contribution in [1.29, 1.82) is 0 Å². The smallest absolute Gasteiger partial charge is 0.200 e. The largest absolute Gasteiger partial charge is 0.472 e. The Balaban J connectivity index is 1.96. The first-order valence-corrected chi connectivity index (χ1v) is 6.06. The predicted molar refractivity (Wildman–Crippen MR) is 72.3 cm³/mol. The van der Waals surface area contributed by atoms with Gasteiger partial charge in [0.05, 0.1) is 6.42 Å². The molecule has 4 nitrogen and oxygen atoms in total. The van der Waals surface area contributed by atoms with Crippen LogP contribution in [0.3, 0.4) is 0 Å². The van der Waals surface area contributed by atoms with Crippen molar-refractivity contribution in [2.75, 3.05) is 6.61 Å². The Morgan fingerprint density at radius 2 is 1.95 bits per heavy atom. The quantitative estimate of drug-likeness (QED) is 0.781. The van der Waals surface area contributed by atoms with E-state index >= 15 is 0 Å². The number of hydrogen-bond donors (Lipinski definition) is 0. The molecule has 0 fully saturated rings. The van der Waals surface area contributed by atoms with E-state index in [0.717, 1.165) is 5.56 Å². The summed E-state index contributed by atoms with van der Waals surface area (Å²) in [5.74, 6) is 0.137. The van der Waals surface area contributed by atoms with E-state index in [9.17, 15) is 9.59 Å². The second kappa shape index (κ2) is 5.61. The topological polar surface area (TPSA) is 55.7 Å². The Labute approximate surface area is 111 Å². The van der Waals surface area contributed by atoms with Crippen LogP contribution in [0.5, 0.6) is 0 Å². The predicted octanol–water partition coefficient (Wildman–Crippen LogP) is 2.47. The molecule has 0 saturated carbocycles. The van der Waals surface area contributed by atoms with E-state index in [2.05, 4.69) is 4.99 Å². The highest BCUT2D eigenvalue weighted by atomic mass is 16.5. The molecule has 0 amide bonds. The molecule has 2 rings (SSSR count). The molecule has 0 N–H and O–H groups in total. The number of ketones is 2. The molecule has 0 radical (unpaired) electrons. The molecule has 1 heterocycles. The Bertz CT molecular complexity index is 568. The highest BCUT2D eigenvalue weighted by Crippen LogP contribution is 2.09. The summed E-state index contributed by atoms with van der Waals surface area (Å²) in [7, 11) is 0. The summed E-state index contributed by atoms with van der Waals surface area (Å²) in [4.78, 5) is 27.3. The Kier molecular flexibility index (Phi) is 3.90. The lowest BCUT2D eigenvalue weighted by atomic mass is 10.1. The van der Waals surface area contributed by atoms with Gasteiger partial charge in [-0.3, -0.25) is 9.59 Å². The minimum absolute atomic E-state index is 0.0507. The van der Waals surface area contributed by atoms with E-state index in [-0.39, 0.29) is 24.6 Å². The maximum atomic E-state index is 11.9. The van der Waals surface area contributed by atoms with Crippen molar-refractivity contribution in [1.82, 2.24) is 0 Å². The van der Waals surface area contributed by atoms with Crippen LogP contribution in [0.2, 0.25) is 0 Å². The van der Waals surface area contributed by atoms with Gasteiger partial charge in [-0.1, -0.05) is 29.8 Å². The highest BCUT2D eigenvalue weighted by Gasteiger charge is 2.14. The van der Waals surface area contributed by atoms with Gasteiger partial charge in [-0.2, -0.15) is 0 Å². The standard InChI is InChI=1S/C15H15NO3/c1-10-3-5-12(6-4-10)14(18)9-19-15-8-13(17)7-11(2)16-15/h3-7H,8-9H2,1-2H3. The second-order valence-corrected chi connectivity index (χ2v) is 4.51. The van der Waals surface area contributed by atoms with Crippen molar-refractivity contribution in [2.45, 2.75) is 20.3 Å². The summed E-state index contributed by atoms with van der Waals surface area (Å²) in [5.41, 5.74) is 2.30. The minimum atomic E-state index is -0.123. The maximum Gasteiger partial charge on any atom is 0.200 e. The van der Waals surface area contributed by atoms with E-state index in [1.54, 1.807) is 19.1 Å². The van der Waals surface area contributed by atoms with Gasteiger partial charge < -0.3 is 4.74 Å². The monoisotopic (exact) mass is 257 g/mol. The summed E-state index contributed by atoms with van der Waals surface area (Å²) in [6.45, 7) is 3.59. The van der Waals surface area contributed by atoms with Gasteiger partial charge >= 0.3 is 0 Å². The molecule has 1 aliphatic rings. The van der Waals surface area contributed by atoms with Crippen molar-refractivity contribution < 1.29 is 14.3 Å². The van der Waals surface area contributed by atoms with E-state index in [1.165, 1.54) is 6.08 Å². The van der Waals surface area contributed by atoms with Crippen LogP contribution in [0, 0.1) is 6.92 Å². The van der Waals surface area contributed by atoms with Gasteiger partial charge in [-0.25, -0.2) is 4.99 Å². The fraction of sp³-hybridized carbons (Fsp3) is 0.267. The van der Waals surface area contributed by atoms with Crippen LogP contribution in [-0.2, 0) is 9.53 Å². The molecular formula is C15H15NO3. The number of Topliss-reactive ketones (excluding diaryl/α,β-unsaturated/α-hetero) is 1. The van der Waals surface area contributed by atoms with Crippen LogP contribution in [-0.4, -0.2) is 24.1 Å². The van der Waals surface area contributed by atoms with Crippen LogP contribution in [0.25, 0.3) is 0 Å². The molecule has 4 heteroatoms. The number of aliphatic imine (C=N–C) groups is 1. The number of benzene rings is 1. The zero-order chi connectivity index (χ0) is 13.8. The fourth-order valence-electron chi connectivity index (χ4n) is 1.76. The molecule has 0 spiro atoms. The average Bonchev–Trinajstić information content (AvgIpc) is 2.36. The first-order chi connectivity index (χ1) is 9.04. The second-order valence-electron chi connectivity index (χ2n) is 4.51. The minimum Gasteiger partial charge on any atom is -0.472 e. The van der Waals surface area contributed by atoms with E-state index in [4.69, 9.17) is 4.74 Å². The first kappa shape index (κ1) is 13.2. The number of carbonyl (C=O) groups is 2. The summed E-state index contributed by atoms with van der Waals surface area (Å²) in [6, 6.07) is 7.28. The number of aryl methyl sites for hydroxylation is 1. The summed E-state index contributed by atoms with van der Waals surface area (Å²) < 4.78 is 5.31. The molecule has 0 aliphatic carbocycles. The third-order valence-electron chi connectivity index (χ3n) is 2.74. The molecule has 1 aliphatic heterocycles. The summed E-state index contributed by atoms with van der Waals surface area (Å²) >= 11 is 0. The molecule has 0 bridgehead atoms. The lowest BCUT2D eigenvalue weighted by molar-refractivity contribution is -0.113. The van der Waals surface area contributed by atoms with Gasteiger partial charge in [0.1, 0.15) is 0 Å². The van der Waals surface area contributed by atoms with Gasteiger partial charge in [-0.05, 0) is 13.8 Å². The van der Waals surface area contributed by atoms with Crippen LogP contribution in [0.4, 0.5) is 0 Å². The number of carbonyl (C=O) groups excluding carboxylic acids is 2. The molecule has 1 aromatic rings. The SMILES string of the molecule is CC1=CC(=O)CC(OCC(=O)c2ccc(C)cc2)=N1. The maximum absolute atomic E-state index is 11.9. The van der Waals surface area contributed by atoms with Crippen LogP contribution >= 0.6 is 0 Å². The molecular weight excluding hydrogens is 242 g/mol. The van der Waals surface area contributed by atoms with Crippen molar-refractivity contribution in [2.24, 2.45) is 4.99 Å². The molecule has 19 heavy (non-hydrogen) atoms. The van der Waals surface area contributed by atoms with Gasteiger partial charge in [0, 0.05) is 17.3 Å². The molecule has 0 unspecified atom stereocenters. The number of ether oxygens (including phenoxy) is 1. The van der Waals surface area contributed by atoms with Crippen molar-refractivity contribution in [3.8, 4) is 0 Å². The zero-order valence-corrected chi connectivity index (χ0v) is 11.0. The Morgan fingerprint density at radius 3 is 2.58 bits per heavy atom. The van der Waals surface area contributed by atoms with Crippen LogP contribution in [0.1, 0.15) is 29.3 Å². The molecule has 0 saturated heterocycles. The lowest BCUT2D eigenvalue weighted by Crippen LogP contribution is -2.18. The zero-order valence-electron chi connectivity index (χ0n) is 11.0. The Hall–Kier alpha value is -2.23. The lowest BCUT2D eigenvalue weighted by Gasteiger charge is -2.11. The van der Waals surface area contributed by atoms with Gasteiger partial charge in [-0.15, -0.1) is 0 Å². The van der Waals surface area contributed by atoms with Crippen molar-refractivity contribution >= 4 is 17.5 Å².